The van der Waals surface area contributed by atoms with E-state index in [9.17, 15) is 13.6 Å². The average molecular weight is 345 g/mol. The Labute approximate surface area is 141 Å². The maximum absolute atomic E-state index is 13.7. The van der Waals surface area contributed by atoms with Gasteiger partial charge in [0, 0.05) is 6.07 Å². The minimum atomic E-state index is -0.843. The van der Waals surface area contributed by atoms with Crippen molar-refractivity contribution in [2.24, 2.45) is 0 Å². The van der Waals surface area contributed by atoms with Crippen molar-refractivity contribution in [3.05, 3.63) is 59.7 Å². The van der Waals surface area contributed by atoms with Crippen molar-refractivity contribution >= 4 is 11.9 Å². The first-order chi connectivity index (χ1) is 12.0. The van der Waals surface area contributed by atoms with Gasteiger partial charge in [0.25, 0.3) is 11.8 Å². The van der Waals surface area contributed by atoms with Crippen LogP contribution < -0.4 is 10.1 Å². The van der Waals surface area contributed by atoms with Gasteiger partial charge in [-0.1, -0.05) is 23.3 Å². The highest BCUT2D eigenvalue weighted by molar-refractivity contribution is 5.89. The molecule has 0 spiro atoms. The number of ether oxygens (including phenoxy) is 1. The summed E-state index contributed by atoms with van der Waals surface area (Å²) in [5, 5.41) is 9.58. The molecule has 0 unspecified atom stereocenters. The maximum Gasteiger partial charge on any atom is 0.322 e. The first kappa shape index (κ1) is 16.6. The number of rotatable bonds is 5. The lowest BCUT2D eigenvalue weighted by atomic mass is 10.2. The summed E-state index contributed by atoms with van der Waals surface area (Å²) in [5.41, 5.74) is 0.827. The third-order valence-corrected chi connectivity index (χ3v) is 3.29. The monoisotopic (exact) mass is 345 g/mol. The minimum absolute atomic E-state index is 0.0643. The molecule has 3 rings (SSSR count). The molecule has 0 aliphatic rings. The molecule has 6 nitrogen and oxygen atoms in total. The summed E-state index contributed by atoms with van der Waals surface area (Å²) in [4.78, 5) is 11.9. The van der Waals surface area contributed by atoms with Gasteiger partial charge >= 0.3 is 6.01 Å². The number of aromatic nitrogens is 2. The third-order valence-electron chi connectivity index (χ3n) is 3.29. The van der Waals surface area contributed by atoms with E-state index in [2.05, 4.69) is 15.5 Å². The highest BCUT2D eigenvalue weighted by atomic mass is 19.1. The lowest BCUT2D eigenvalue weighted by Gasteiger charge is -2.07. The Balaban J connectivity index is 1.63. The summed E-state index contributed by atoms with van der Waals surface area (Å²) in [6.07, 6.45) is 0. The maximum atomic E-state index is 13.7. The first-order valence-corrected chi connectivity index (χ1v) is 7.30. The number of carbonyl (C=O) groups is 1. The molecule has 0 atom stereocenters. The number of benzene rings is 2. The summed E-state index contributed by atoms with van der Waals surface area (Å²) in [7, 11) is 0. The van der Waals surface area contributed by atoms with Crippen molar-refractivity contribution in [1.29, 1.82) is 0 Å². The van der Waals surface area contributed by atoms with Gasteiger partial charge in [0.2, 0.25) is 0 Å². The molecule has 3 aromatic rings. The lowest BCUT2D eigenvalue weighted by molar-refractivity contribution is -0.118. The largest absolute Gasteiger partial charge is 0.483 e. The molecule has 0 radical (unpaired) electrons. The average Bonchev–Trinajstić information content (AvgIpc) is 3.02. The fourth-order valence-electron chi connectivity index (χ4n) is 2.06. The predicted octanol–water partition coefficient (Wildman–Crippen LogP) is 3.34. The Morgan fingerprint density at radius 3 is 2.76 bits per heavy atom. The van der Waals surface area contributed by atoms with Crippen molar-refractivity contribution < 1.29 is 22.7 Å². The van der Waals surface area contributed by atoms with Crippen molar-refractivity contribution in [1.82, 2.24) is 10.2 Å². The van der Waals surface area contributed by atoms with Crippen LogP contribution in [0.15, 0.2) is 46.9 Å². The summed E-state index contributed by atoms with van der Waals surface area (Å²) in [6, 6.07) is 9.98. The normalized spacial score (nSPS) is 10.5. The van der Waals surface area contributed by atoms with Gasteiger partial charge < -0.3 is 9.15 Å². The zero-order valence-electron chi connectivity index (χ0n) is 13.1. The van der Waals surface area contributed by atoms with Crippen LogP contribution in [0.1, 0.15) is 5.56 Å². The minimum Gasteiger partial charge on any atom is -0.483 e. The van der Waals surface area contributed by atoms with E-state index in [1.807, 2.05) is 19.1 Å². The quantitative estimate of drug-likeness (QED) is 0.767. The van der Waals surface area contributed by atoms with Gasteiger partial charge in [0.1, 0.15) is 17.4 Å². The standard InChI is InChI=1S/C17H13F2N3O3/c1-10-4-2-3-5-14(10)24-9-15(23)20-17-22-21-16(25-17)12-7-6-11(18)8-13(12)19/h2-8H,9H2,1H3,(H,20,22,23). The molecule has 1 N–H and O–H groups in total. The Morgan fingerprint density at radius 1 is 1.20 bits per heavy atom. The molecule has 25 heavy (non-hydrogen) atoms. The highest BCUT2D eigenvalue weighted by Crippen LogP contribution is 2.23. The summed E-state index contributed by atoms with van der Waals surface area (Å²) >= 11 is 0. The van der Waals surface area contributed by atoms with Gasteiger partial charge in [-0.3, -0.25) is 10.1 Å². The van der Waals surface area contributed by atoms with Crippen molar-refractivity contribution in [3.8, 4) is 17.2 Å². The van der Waals surface area contributed by atoms with E-state index in [4.69, 9.17) is 9.15 Å². The van der Waals surface area contributed by atoms with Crippen molar-refractivity contribution in [2.45, 2.75) is 6.92 Å². The SMILES string of the molecule is Cc1ccccc1OCC(=O)Nc1nnc(-c2ccc(F)cc2F)o1. The molecule has 0 saturated heterocycles. The molecule has 2 aromatic carbocycles. The van der Waals surface area contributed by atoms with E-state index in [1.165, 1.54) is 6.07 Å². The topological polar surface area (TPSA) is 77.2 Å². The molecule has 1 aromatic heterocycles. The molecule has 8 heteroatoms. The molecular formula is C17H13F2N3O3. The van der Waals surface area contributed by atoms with Crippen LogP contribution in [0, 0.1) is 18.6 Å². The van der Waals surface area contributed by atoms with Gasteiger partial charge in [0.05, 0.1) is 5.56 Å². The number of nitrogens with zero attached hydrogens (tertiary/aromatic N) is 2. The summed E-state index contributed by atoms with van der Waals surface area (Å²) in [5.74, 6) is -1.67. The molecular weight excluding hydrogens is 332 g/mol. The number of para-hydroxylation sites is 1. The van der Waals surface area contributed by atoms with Gasteiger partial charge in [-0.15, -0.1) is 5.10 Å². The number of aryl methyl sites for hydroxylation is 1. The smallest absolute Gasteiger partial charge is 0.322 e. The van der Waals surface area contributed by atoms with Crippen LogP contribution in [-0.2, 0) is 4.79 Å². The van der Waals surface area contributed by atoms with Gasteiger partial charge in [-0.25, -0.2) is 8.78 Å². The Bertz CT molecular complexity index is 912. The number of nitrogens with one attached hydrogen (secondary N) is 1. The zero-order chi connectivity index (χ0) is 17.8. The van der Waals surface area contributed by atoms with E-state index in [0.29, 0.717) is 11.8 Å². The van der Waals surface area contributed by atoms with Crippen LogP contribution in [0.5, 0.6) is 5.75 Å². The Hall–Kier alpha value is -3.29. The fourth-order valence-corrected chi connectivity index (χ4v) is 2.06. The molecule has 0 aliphatic heterocycles. The highest BCUT2D eigenvalue weighted by Gasteiger charge is 2.15. The number of amides is 1. The van der Waals surface area contributed by atoms with Gasteiger partial charge in [-0.05, 0) is 30.7 Å². The molecule has 128 valence electrons. The van der Waals surface area contributed by atoms with Crippen molar-refractivity contribution in [3.63, 3.8) is 0 Å². The number of hydrogen-bond donors (Lipinski definition) is 1. The summed E-state index contributed by atoms with van der Waals surface area (Å²) < 4.78 is 37.2. The lowest BCUT2D eigenvalue weighted by Crippen LogP contribution is -2.20. The number of hydrogen-bond acceptors (Lipinski definition) is 5. The second kappa shape index (κ2) is 7.08. The number of carbonyl (C=O) groups excluding carboxylic acids is 1. The van der Waals surface area contributed by atoms with E-state index < -0.39 is 17.5 Å². The Morgan fingerprint density at radius 2 is 2.00 bits per heavy atom. The van der Waals surface area contributed by atoms with Crippen LogP contribution >= 0.6 is 0 Å². The molecule has 0 saturated carbocycles. The van der Waals surface area contributed by atoms with Crippen molar-refractivity contribution in [2.75, 3.05) is 11.9 Å². The van der Waals surface area contributed by atoms with Crippen LogP contribution in [0.3, 0.4) is 0 Å². The molecule has 1 heterocycles. The van der Waals surface area contributed by atoms with E-state index in [0.717, 1.165) is 11.6 Å². The molecule has 1 amide bonds. The van der Waals surface area contributed by atoms with Gasteiger partial charge in [0.15, 0.2) is 6.61 Å². The second-order valence-corrected chi connectivity index (χ2v) is 5.14. The zero-order valence-corrected chi connectivity index (χ0v) is 13.1. The first-order valence-electron chi connectivity index (χ1n) is 7.30. The van der Waals surface area contributed by atoms with E-state index in [-0.39, 0.29) is 24.1 Å². The second-order valence-electron chi connectivity index (χ2n) is 5.14. The van der Waals surface area contributed by atoms with E-state index in [1.54, 1.807) is 12.1 Å². The van der Waals surface area contributed by atoms with Crippen LogP contribution in [0.25, 0.3) is 11.5 Å². The van der Waals surface area contributed by atoms with Gasteiger partial charge in [-0.2, -0.15) is 0 Å². The summed E-state index contributed by atoms with van der Waals surface area (Å²) in [6.45, 7) is 1.60. The number of halogens is 2. The van der Waals surface area contributed by atoms with E-state index >= 15 is 0 Å². The fraction of sp³-hybridized carbons (Fsp3) is 0.118. The van der Waals surface area contributed by atoms with Crippen LogP contribution in [0.2, 0.25) is 0 Å². The predicted molar refractivity (Wildman–Crippen MR) is 85.0 cm³/mol. The molecule has 0 aliphatic carbocycles. The third kappa shape index (κ3) is 3.97. The number of anilines is 1. The molecule has 0 fully saturated rings. The Kier molecular flexibility index (Phi) is 4.69. The van der Waals surface area contributed by atoms with Crippen LogP contribution in [-0.4, -0.2) is 22.7 Å². The molecule has 0 bridgehead atoms. The van der Waals surface area contributed by atoms with Crippen LogP contribution in [0.4, 0.5) is 14.8 Å².